The lowest BCUT2D eigenvalue weighted by Gasteiger charge is -2.11. The minimum atomic E-state index is -0.771. The Balaban J connectivity index is 2.43. The van der Waals surface area contributed by atoms with Gasteiger partial charge in [-0.1, -0.05) is 24.9 Å². The first-order valence-corrected chi connectivity index (χ1v) is 5.97. The minimum Gasteiger partial charge on any atom is -0.481 e. The van der Waals surface area contributed by atoms with Crippen LogP contribution in [0.5, 0.6) is 0 Å². The first-order chi connectivity index (χ1) is 7.13. The van der Waals surface area contributed by atoms with Gasteiger partial charge in [0, 0.05) is 11.9 Å². The fourth-order valence-corrected chi connectivity index (χ4v) is 2.05. The van der Waals surface area contributed by atoms with Crippen LogP contribution in [-0.2, 0) is 4.79 Å². The summed E-state index contributed by atoms with van der Waals surface area (Å²) in [5, 5.41) is 14.7. The van der Waals surface area contributed by atoms with E-state index in [4.69, 9.17) is 16.7 Å². The third kappa shape index (κ3) is 4.05. The summed E-state index contributed by atoms with van der Waals surface area (Å²) in [6.07, 6.45) is 1.53. The maximum Gasteiger partial charge on any atom is 0.308 e. The van der Waals surface area contributed by atoms with Crippen LogP contribution in [0, 0.1) is 5.92 Å². The average molecular weight is 249 g/mol. The molecule has 2 N–H and O–H groups in total. The zero-order valence-corrected chi connectivity index (χ0v) is 9.94. The molecule has 15 heavy (non-hydrogen) atoms. The van der Waals surface area contributed by atoms with Crippen molar-refractivity contribution < 1.29 is 9.90 Å². The molecule has 1 heterocycles. The summed E-state index contributed by atoms with van der Waals surface area (Å²) in [4.78, 5) is 14.8. The molecule has 0 saturated heterocycles. The zero-order chi connectivity index (χ0) is 11.3. The Kier molecular flexibility index (Phi) is 4.84. The first-order valence-electron chi connectivity index (χ1n) is 4.71. The zero-order valence-electron chi connectivity index (χ0n) is 8.36. The number of carbonyl (C=O) groups is 1. The topological polar surface area (TPSA) is 62.2 Å². The molecule has 0 aromatic carbocycles. The van der Waals surface area contributed by atoms with Crippen LogP contribution < -0.4 is 5.32 Å². The van der Waals surface area contributed by atoms with Crippen molar-refractivity contribution in [2.45, 2.75) is 19.8 Å². The van der Waals surface area contributed by atoms with Gasteiger partial charge in [0.1, 0.15) is 5.15 Å². The molecule has 6 heteroatoms. The van der Waals surface area contributed by atoms with E-state index in [1.807, 2.05) is 6.92 Å². The smallest absolute Gasteiger partial charge is 0.308 e. The highest BCUT2D eigenvalue weighted by Crippen LogP contribution is 2.19. The average Bonchev–Trinajstić information content (AvgIpc) is 2.58. The highest BCUT2D eigenvalue weighted by Gasteiger charge is 2.16. The van der Waals surface area contributed by atoms with Crippen LogP contribution in [0.4, 0.5) is 5.13 Å². The first kappa shape index (κ1) is 12.3. The molecule has 0 aliphatic carbocycles. The van der Waals surface area contributed by atoms with Crippen LogP contribution in [-0.4, -0.2) is 22.6 Å². The lowest BCUT2D eigenvalue weighted by Crippen LogP contribution is -2.22. The number of hydrogen-bond acceptors (Lipinski definition) is 4. The summed E-state index contributed by atoms with van der Waals surface area (Å²) in [7, 11) is 0. The van der Waals surface area contributed by atoms with Crippen LogP contribution >= 0.6 is 22.9 Å². The summed E-state index contributed by atoms with van der Waals surface area (Å²) >= 11 is 7.02. The fourth-order valence-electron chi connectivity index (χ4n) is 1.21. The third-order valence-electron chi connectivity index (χ3n) is 1.96. The molecule has 0 fully saturated rings. The summed E-state index contributed by atoms with van der Waals surface area (Å²) in [6, 6.07) is 0. The Labute approximate surface area is 97.3 Å². The predicted octanol–water partition coefficient (Wildman–Crippen LogP) is 2.71. The maximum absolute atomic E-state index is 10.8. The second-order valence-electron chi connectivity index (χ2n) is 3.18. The van der Waals surface area contributed by atoms with E-state index in [2.05, 4.69) is 10.3 Å². The van der Waals surface area contributed by atoms with Crippen molar-refractivity contribution in [2.75, 3.05) is 11.9 Å². The lowest BCUT2D eigenvalue weighted by molar-refractivity contribution is -0.141. The molecule has 0 saturated carbocycles. The number of carboxylic acid groups (broad SMARTS) is 1. The normalized spacial score (nSPS) is 12.4. The van der Waals surface area contributed by atoms with E-state index in [1.54, 1.807) is 5.38 Å². The quantitative estimate of drug-likeness (QED) is 0.813. The number of aromatic nitrogens is 1. The highest BCUT2D eigenvalue weighted by atomic mass is 35.5. The predicted molar refractivity (Wildman–Crippen MR) is 61.6 cm³/mol. The van der Waals surface area contributed by atoms with Gasteiger partial charge in [0.2, 0.25) is 0 Å². The van der Waals surface area contributed by atoms with Gasteiger partial charge in [0.05, 0.1) is 5.92 Å². The monoisotopic (exact) mass is 248 g/mol. The fraction of sp³-hybridized carbons (Fsp3) is 0.556. The number of carboxylic acids is 1. The van der Waals surface area contributed by atoms with Crippen molar-refractivity contribution in [3.63, 3.8) is 0 Å². The van der Waals surface area contributed by atoms with Crippen LogP contribution in [0.2, 0.25) is 5.15 Å². The molecule has 1 aromatic heterocycles. The van der Waals surface area contributed by atoms with Gasteiger partial charge >= 0.3 is 5.97 Å². The van der Waals surface area contributed by atoms with E-state index < -0.39 is 5.97 Å². The molecule has 0 spiro atoms. The lowest BCUT2D eigenvalue weighted by atomic mass is 10.0. The van der Waals surface area contributed by atoms with E-state index in [0.29, 0.717) is 23.3 Å². The molecule has 0 amide bonds. The molecule has 0 aliphatic heterocycles. The largest absolute Gasteiger partial charge is 0.481 e. The number of halogens is 1. The molecule has 1 atom stereocenters. The summed E-state index contributed by atoms with van der Waals surface area (Å²) in [6.45, 7) is 2.36. The molecule has 4 nitrogen and oxygen atoms in total. The van der Waals surface area contributed by atoms with Gasteiger partial charge in [-0.25, -0.2) is 4.98 Å². The second kappa shape index (κ2) is 5.92. The minimum absolute atomic E-state index is 0.363. The van der Waals surface area contributed by atoms with Crippen molar-refractivity contribution in [2.24, 2.45) is 5.92 Å². The van der Waals surface area contributed by atoms with Crippen molar-refractivity contribution in [3.05, 3.63) is 10.5 Å². The number of nitrogens with one attached hydrogen (secondary N) is 1. The standard InChI is InChI=1S/C9H13ClN2O2S/c1-2-3-6(8(13)14)4-11-9-12-7(10)5-15-9/h5-6H,2-4H2,1H3,(H,11,12)(H,13,14). The van der Waals surface area contributed by atoms with Gasteiger partial charge in [0.25, 0.3) is 0 Å². The molecule has 0 bridgehead atoms. The molecular weight excluding hydrogens is 236 g/mol. The van der Waals surface area contributed by atoms with Gasteiger partial charge < -0.3 is 10.4 Å². The molecule has 0 aliphatic rings. The Morgan fingerprint density at radius 2 is 2.53 bits per heavy atom. The Bertz CT molecular complexity index is 330. The van der Waals surface area contributed by atoms with Crippen molar-refractivity contribution in [3.8, 4) is 0 Å². The summed E-state index contributed by atoms with van der Waals surface area (Å²) in [5.41, 5.74) is 0. The molecule has 84 valence electrons. The van der Waals surface area contributed by atoms with Gasteiger partial charge in [0.15, 0.2) is 5.13 Å². The molecular formula is C9H13ClN2O2S. The second-order valence-corrected chi connectivity index (χ2v) is 4.43. The summed E-state index contributed by atoms with van der Waals surface area (Å²) in [5.74, 6) is -1.13. The maximum atomic E-state index is 10.8. The molecule has 1 unspecified atom stereocenters. The van der Waals surface area contributed by atoms with E-state index in [9.17, 15) is 4.79 Å². The third-order valence-corrected chi connectivity index (χ3v) is 3.09. The SMILES string of the molecule is CCCC(CNc1nc(Cl)cs1)C(=O)O. The number of thiazole rings is 1. The van der Waals surface area contributed by atoms with Crippen LogP contribution in [0.25, 0.3) is 0 Å². The number of anilines is 1. The Morgan fingerprint density at radius 3 is 3.00 bits per heavy atom. The van der Waals surface area contributed by atoms with Gasteiger partial charge in [-0.05, 0) is 6.42 Å². The number of hydrogen-bond donors (Lipinski definition) is 2. The van der Waals surface area contributed by atoms with Gasteiger partial charge in [-0.3, -0.25) is 4.79 Å². The molecule has 1 aromatic rings. The van der Waals surface area contributed by atoms with E-state index >= 15 is 0 Å². The molecule has 1 rings (SSSR count). The van der Waals surface area contributed by atoms with Crippen molar-refractivity contribution in [1.82, 2.24) is 4.98 Å². The number of rotatable bonds is 6. The van der Waals surface area contributed by atoms with E-state index in [-0.39, 0.29) is 5.92 Å². The van der Waals surface area contributed by atoms with Gasteiger partial charge in [-0.2, -0.15) is 0 Å². The Morgan fingerprint density at radius 1 is 1.80 bits per heavy atom. The highest BCUT2D eigenvalue weighted by molar-refractivity contribution is 7.14. The van der Waals surface area contributed by atoms with Crippen LogP contribution in [0.1, 0.15) is 19.8 Å². The summed E-state index contributed by atoms with van der Waals surface area (Å²) < 4.78 is 0. The number of aliphatic carboxylic acids is 1. The van der Waals surface area contributed by atoms with Crippen LogP contribution in [0.3, 0.4) is 0 Å². The molecule has 0 radical (unpaired) electrons. The van der Waals surface area contributed by atoms with Gasteiger partial charge in [-0.15, -0.1) is 11.3 Å². The Hall–Kier alpha value is -0.810. The van der Waals surface area contributed by atoms with E-state index in [1.165, 1.54) is 11.3 Å². The van der Waals surface area contributed by atoms with Crippen molar-refractivity contribution in [1.29, 1.82) is 0 Å². The van der Waals surface area contributed by atoms with E-state index in [0.717, 1.165) is 6.42 Å². The number of nitrogens with zero attached hydrogens (tertiary/aromatic N) is 1. The van der Waals surface area contributed by atoms with Crippen LogP contribution in [0.15, 0.2) is 5.38 Å². The van der Waals surface area contributed by atoms with Crippen molar-refractivity contribution >= 4 is 34.0 Å².